The second-order valence-corrected chi connectivity index (χ2v) is 3.65. The molecule has 0 spiro atoms. The molecule has 0 saturated carbocycles. The van der Waals surface area contributed by atoms with Gasteiger partial charge in [-0.3, -0.25) is 5.10 Å². The summed E-state index contributed by atoms with van der Waals surface area (Å²) in [5.74, 6) is 0. The molecule has 0 atom stereocenters. The van der Waals surface area contributed by atoms with Crippen molar-refractivity contribution in [3.63, 3.8) is 0 Å². The van der Waals surface area contributed by atoms with E-state index < -0.39 is 0 Å². The molecule has 1 aromatic carbocycles. The highest BCUT2D eigenvalue weighted by atomic mass is 35.5. The summed E-state index contributed by atoms with van der Waals surface area (Å²) < 4.78 is 0. The molecule has 0 amide bonds. The minimum atomic E-state index is 0.726. The van der Waals surface area contributed by atoms with Gasteiger partial charge in [0.2, 0.25) is 0 Å². The Kier molecular flexibility index (Phi) is 2.70. The fraction of sp³-hybridized carbons (Fsp3) is 0.300. The highest BCUT2D eigenvalue weighted by Crippen LogP contribution is 2.20. The van der Waals surface area contributed by atoms with E-state index in [4.69, 9.17) is 11.6 Å². The molecule has 74 valence electrons. The minimum absolute atomic E-state index is 0.726. The Morgan fingerprint density at radius 2 is 2.36 bits per heavy atom. The number of aromatic nitrogens is 2. The van der Waals surface area contributed by atoms with Crippen molar-refractivity contribution in [1.82, 2.24) is 15.5 Å². The van der Waals surface area contributed by atoms with Gasteiger partial charge in [0.25, 0.3) is 0 Å². The normalized spacial score (nSPS) is 11.0. The van der Waals surface area contributed by atoms with E-state index in [1.165, 1.54) is 0 Å². The van der Waals surface area contributed by atoms with Gasteiger partial charge < -0.3 is 5.32 Å². The fourth-order valence-electron chi connectivity index (χ4n) is 1.48. The van der Waals surface area contributed by atoms with E-state index in [2.05, 4.69) is 15.5 Å². The van der Waals surface area contributed by atoms with Crippen molar-refractivity contribution in [2.75, 3.05) is 13.6 Å². The van der Waals surface area contributed by atoms with Gasteiger partial charge in [-0.25, -0.2) is 0 Å². The number of benzene rings is 1. The molecule has 4 heteroatoms. The number of hydrogen-bond donors (Lipinski definition) is 2. The van der Waals surface area contributed by atoms with E-state index >= 15 is 0 Å². The molecule has 2 rings (SSSR count). The van der Waals surface area contributed by atoms with Crippen LogP contribution in [0.3, 0.4) is 0 Å². The van der Waals surface area contributed by atoms with E-state index in [0.29, 0.717) is 0 Å². The van der Waals surface area contributed by atoms with Crippen LogP contribution in [0.25, 0.3) is 10.9 Å². The Labute approximate surface area is 87.5 Å². The van der Waals surface area contributed by atoms with Gasteiger partial charge in [-0.1, -0.05) is 11.6 Å². The van der Waals surface area contributed by atoms with Crippen molar-refractivity contribution < 1.29 is 0 Å². The number of likely N-dealkylation sites (N-methyl/N-ethyl adjacent to an activating group) is 1. The van der Waals surface area contributed by atoms with Crippen LogP contribution in [0.1, 0.15) is 5.69 Å². The maximum atomic E-state index is 5.87. The molecular weight excluding hydrogens is 198 g/mol. The summed E-state index contributed by atoms with van der Waals surface area (Å²) >= 11 is 5.87. The third-order valence-corrected chi connectivity index (χ3v) is 2.46. The zero-order valence-corrected chi connectivity index (χ0v) is 8.73. The largest absolute Gasteiger partial charge is 0.319 e. The Morgan fingerprint density at radius 3 is 3.14 bits per heavy atom. The van der Waals surface area contributed by atoms with E-state index in [0.717, 1.165) is 34.6 Å². The van der Waals surface area contributed by atoms with Gasteiger partial charge in [-0.15, -0.1) is 0 Å². The number of hydrogen-bond acceptors (Lipinski definition) is 2. The van der Waals surface area contributed by atoms with E-state index in [-0.39, 0.29) is 0 Å². The topological polar surface area (TPSA) is 40.7 Å². The predicted molar refractivity (Wildman–Crippen MR) is 58.7 cm³/mol. The Morgan fingerprint density at radius 1 is 1.50 bits per heavy atom. The van der Waals surface area contributed by atoms with Gasteiger partial charge in [0, 0.05) is 29.1 Å². The summed E-state index contributed by atoms with van der Waals surface area (Å²) in [7, 11) is 1.94. The lowest BCUT2D eigenvalue weighted by Crippen LogP contribution is -2.10. The molecule has 14 heavy (non-hydrogen) atoms. The Balaban J connectivity index is 2.37. The molecule has 0 unspecified atom stereocenters. The van der Waals surface area contributed by atoms with Crippen molar-refractivity contribution in [3.8, 4) is 0 Å². The molecule has 0 saturated heterocycles. The summed E-state index contributed by atoms with van der Waals surface area (Å²) in [5.41, 5.74) is 2.09. The third kappa shape index (κ3) is 1.74. The molecule has 0 fully saturated rings. The molecule has 2 N–H and O–H groups in total. The first-order valence-electron chi connectivity index (χ1n) is 4.58. The maximum absolute atomic E-state index is 5.87. The first-order chi connectivity index (χ1) is 6.81. The average Bonchev–Trinajstić information content (AvgIpc) is 2.57. The van der Waals surface area contributed by atoms with Crippen molar-refractivity contribution in [1.29, 1.82) is 0 Å². The van der Waals surface area contributed by atoms with Gasteiger partial charge in [-0.05, 0) is 25.2 Å². The first-order valence-corrected chi connectivity index (χ1v) is 4.96. The molecule has 2 aromatic rings. The molecule has 0 aliphatic rings. The van der Waals surface area contributed by atoms with E-state index in [9.17, 15) is 0 Å². The molecule has 0 bridgehead atoms. The quantitative estimate of drug-likeness (QED) is 0.812. The first kappa shape index (κ1) is 9.49. The Bertz CT molecular complexity index is 436. The van der Waals surface area contributed by atoms with E-state index in [1.54, 1.807) is 0 Å². The summed E-state index contributed by atoms with van der Waals surface area (Å²) in [4.78, 5) is 0. The molecule has 0 aliphatic heterocycles. The summed E-state index contributed by atoms with van der Waals surface area (Å²) in [6.45, 7) is 0.944. The lowest BCUT2D eigenvalue weighted by atomic mass is 10.2. The zero-order valence-electron chi connectivity index (χ0n) is 7.97. The number of fused-ring (bicyclic) bond motifs is 1. The van der Waals surface area contributed by atoms with Crippen LogP contribution in [0.5, 0.6) is 0 Å². The number of rotatable bonds is 3. The van der Waals surface area contributed by atoms with Crippen LogP contribution in [-0.2, 0) is 6.42 Å². The third-order valence-electron chi connectivity index (χ3n) is 2.22. The van der Waals surface area contributed by atoms with Gasteiger partial charge in [0.15, 0.2) is 0 Å². The van der Waals surface area contributed by atoms with Gasteiger partial charge >= 0.3 is 0 Å². The minimum Gasteiger partial charge on any atom is -0.319 e. The molecular formula is C10H12ClN3. The van der Waals surface area contributed by atoms with Gasteiger partial charge in [0.1, 0.15) is 0 Å². The summed E-state index contributed by atoms with van der Waals surface area (Å²) in [5, 5.41) is 12.2. The van der Waals surface area contributed by atoms with Crippen LogP contribution in [0, 0.1) is 0 Å². The zero-order chi connectivity index (χ0) is 9.97. The van der Waals surface area contributed by atoms with Crippen molar-refractivity contribution in [3.05, 3.63) is 28.9 Å². The second-order valence-electron chi connectivity index (χ2n) is 3.22. The van der Waals surface area contributed by atoms with Crippen LogP contribution in [0.15, 0.2) is 18.2 Å². The number of H-pyrrole nitrogens is 1. The van der Waals surface area contributed by atoms with Crippen LogP contribution in [0.4, 0.5) is 0 Å². The smallest absolute Gasteiger partial charge is 0.0938 e. The van der Waals surface area contributed by atoms with E-state index in [1.807, 2.05) is 25.2 Å². The standard InChI is InChI=1S/C10H12ClN3/c1-12-5-4-9-8-3-2-7(11)6-10(8)14-13-9/h2-3,6,12H,4-5H2,1H3,(H,13,14). The number of aromatic amines is 1. The second kappa shape index (κ2) is 3.98. The molecule has 1 aromatic heterocycles. The number of halogens is 1. The van der Waals surface area contributed by atoms with Crippen molar-refractivity contribution in [2.24, 2.45) is 0 Å². The fourth-order valence-corrected chi connectivity index (χ4v) is 1.65. The molecule has 3 nitrogen and oxygen atoms in total. The van der Waals surface area contributed by atoms with Crippen LogP contribution in [0.2, 0.25) is 5.02 Å². The highest BCUT2D eigenvalue weighted by molar-refractivity contribution is 6.31. The van der Waals surface area contributed by atoms with Crippen LogP contribution in [-0.4, -0.2) is 23.8 Å². The Hall–Kier alpha value is -1.06. The predicted octanol–water partition coefficient (Wildman–Crippen LogP) is 1.98. The average molecular weight is 210 g/mol. The van der Waals surface area contributed by atoms with Gasteiger partial charge in [-0.2, -0.15) is 5.10 Å². The number of nitrogens with one attached hydrogen (secondary N) is 2. The maximum Gasteiger partial charge on any atom is 0.0938 e. The van der Waals surface area contributed by atoms with Crippen LogP contribution < -0.4 is 5.32 Å². The van der Waals surface area contributed by atoms with Crippen molar-refractivity contribution >= 4 is 22.5 Å². The highest BCUT2D eigenvalue weighted by Gasteiger charge is 2.04. The van der Waals surface area contributed by atoms with Crippen molar-refractivity contribution in [2.45, 2.75) is 6.42 Å². The summed E-state index contributed by atoms with van der Waals surface area (Å²) in [6.07, 6.45) is 0.953. The SMILES string of the molecule is CNCCc1[nH]nc2cc(Cl)ccc12. The van der Waals surface area contributed by atoms with Crippen LogP contribution >= 0.6 is 11.6 Å². The lowest BCUT2D eigenvalue weighted by Gasteiger charge is -1.97. The number of nitrogens with zero attached hydrogens (tertiary/aromatic N) is 1. The lowest BCUT2D eigenvalue weighted by molar-refractivity contribution is 0.775. The molecule has 0 aliphatic carbocycles. The summed E-state index contributed by atoms with van der Waals surface area (Å²) in [6, 6.07) is 5.77. The monoisotopic (exact) mass is 209 g/mol. The van der Waals surface area contributed by atoms with Gasteiger partial charge in [0.05, 0.1) is 5.52 Å². The molecule has 1 heterocycles. The molecule has 0 radical (unpaired) electrons.